The lowest BCUT2D eigenvalue weighted by Gasteiger charge is -2.26. The first kappa shape index (κ1) is 24.7. The Labute approximate surface area is 200 Å². The van der Waals surface area contributed by atoms with Gasteiger partial charge >= 0.3 is 0 Å². The Kier molecular flexibility index (Phi) is 8.08. The Morgan fingerprint density at radius 1 is 1.27 bits per heavy atom. The monoisotopic (exact) mass is 486 g/mol. The molecule has 0 aliphatic carbocycles. The van der Waals surface area contributed by atoms with Gasteiger partial charge in [0.25, 0.3) is 0 Å². The Morgan fingerprint density at radius 3 is 2.52 bits per heavy atom. The molecule has 2 aromatic carbocycles. The summed E-state index contributed by atoms with van der Waals surface area (Å²) < 4.78 is 26.3. The van der Waals surface area contributed by atoms with E-state index in [2.05, 4.69) is 27.5 Å². The van der Waals surface area contributed by atoms with Gasteiger partial charge in [0.1, 0.15) is 0 Å². The van der Waals surface area contributed by atoms with Gasteiger partial charge in [0.05, 0.1) is 24.6 Å². The van der Waals surface area contributed by atoms with E-state index in [1.165, 1.54) is 16.1 Å². The van der Waals surface area contributed by atoms with Crippen LogP contribution in [0.3, 0.4) is 0 Å². The van der Waals surface area contributed by atoms with Gasteiger partial charge in [-0.2, -0.15) is 14.7 Å². The molecule has 0 amide bonds. The molecule has 8 nitrogen and oxygen atoms in total. The number of aryl methyl sites for hydroxylation is 1. The van der Waals surface area contributed by atoms with Crippen molar-refractivity contribution in [1.82, 2.24) is 14.6 Å². The molecule has 3 rings (SSSR count). The molecule has 0 saturated heterocycles. The fraction of sp³-hybridized carbons (Fsp3) is 0.348. The first-order valence-electron chi connectivity index (χ1n) is 10.6. The van der Waals surface area contributed by atoms with Crippen LogP contribution in [-0.4, -0.2) is 61.3 Å². The predicted molar refractivity (Wildman–Crippen MR) is 132 cm³/mol. The van der Waals surface area contributed by atoms with Crippen LogP contribution in [0.2, 0.25) is 5.02 Å². The van der Waals surface area contributed by atoms with Gasteiger partial charge < -0.3 is 0 Å². The summed E-state index contributed by atoms with van der Waals surface area (Å²) in [5, 5.41) is 18.7. The van der Waals surface area contributed by atoms with Crippen molar-refractivity contribution < 1.29 is 8.42 Å². The van der Waals surface area contributed by atoms with Crippen LogP contribution in [0.5, 0.6) is 0 Å². The average Bonchev–Trinajstić information content (AvgIpc) is 3.19. The number of nitrogens with zero attached hydrogens (tertiary/aromatic N) is 5. The van der Waals surface area contributed by atoms with Gasteiger partial charge in [0.15, 0.2) is 6.19 Å². The standard InChI is InChI=1S/C23H27ClN6O2S/c1-4-30(33(3,31)32)21-15-29(28-22(21)19-9-11-20(24)12-10-19)23(27-16-25)26-14-13-18-7-5-17(2)6-8-18/h5-12,21H,4,13-15H2,1-3H3,(H,26,27). The van der Waals surface area contributed by atoms with E-state index in [0.717, 1.165) is 11.1 Å². The van der Waals surface area contributed by atoms with E-state index in [4.69, 9.17) is 11.6 Å². The van der Waals surface area contributed by atoms with Crippen LogP contribution in [0, 0.1) is 18.4 Å². The Bertz CT molecular complexity index is 1170. The third-order valence-corrected chi connectivity index (χ3v) is 6.93. The van der Waals surface area contributed by atoms with Crippen LogP contribution in [0.15, 0.2) is 58.6 Å². The summed E-state index contributed by atoms with van der Waals surface area (Å²) in [4.78, 5) is 4.55. The first-order chi connectivity index (χ1) is 15.7. The molecule has 1 heterocycles. The maximum Gasteiger partial charge on any atom is 0.228 e. The van der Waals surface area contributed by atoms with Crippen LogP contribution >= 0.6 is 11.6 Å². The molecule has 0 saturated carbocycles. The summed E-state index contributed by atoms with van der Waals surface area (Å²) in [6.45, 7) is 4.79. The van der Waals surface area contributed by atoms with Crippen molar-refractivity contribution in [3.05, 3.63) is 70.2 Å². The molecular formula is C23H27ClN6O2S. The van der Waals surface area contributed by atoms with E-state index in [1.54, 1.807) is 36.2 Å². The molecule has 10 heteroatoms. The summed E-state index contributed by atoms with van der Waals surface area (Å²) in [5.41, 5.74) is 3.65. The van der Waals surface area contributed by atoms with Crippen molar-refractivity contribution in [3.63, 3.8) is 0 Å². The maximum atomic E-state index is 12.5. The summed E-state index contributed by atoms with van der Waals surface area (Å²) in [6, 6.07) is 14.7. The number of sulfonamides is 1. The molecule has 1 aliphatic heterocycles. The minimum absolute atomic E-state index is 0.233. The minimum Gasteiger partial charge on any atom is -0.261 e. The summed E-state index contributed by atoms with van der Waals surface area (Å²) in [7, 11) is -3.49. The number of aliphatic imine (C=N–C) groups is 1. The van der Waals surface area contributed by atoms with E-state index in [9.17, 15) is 13.7 Å². The lowest BCUT2D eigenvalue weighted by molar-refractivity contribution is 0.349. The van der Waals surface area contributed by atoms with Gasteiger partial charge in [0.2, 0.25) is 16.0 Å². The Hall–Kier alpha value is -2.93. The molecule has 0 bridgehead atoms. The van der Waals surface area contributed by atoms with Crippen LogP contribution < -0.4 is 5.32 Å². The van der Waals surface area contributed by atoms with E-state index in [-0.39, 0.29) is 19.0 Å². The smallest absolute Gasteiger partial charge is 0.228 e. The van der Waals surface area contributed by atoms with Gasteiger partial charge in [0, 0.05) is 18.1 Å². The van der Waals surface area contributed by atoms with Crippen molar-refractivity contribution in [2.45, 2.75) is 26.3 Å². The van der Waals surface area contributed by atoms with Gasteiger partial charge in [-0.05, 0) is 36.6 Å². The number of nitrogens with one attached hydrogen (secondary N) is 1. The van der Waals surface area contributed by atoms with E-state index < -0.39 is 16.1 Å². The Balaban J connectivity index is 1.90. The van der Waals surface area contributed by atoms with E-state index >= 15 is 0 Å². The van der Waals surface area contributed by atoms with E-state index in [0.29, 0.717) is 23.7 Å². The lowest BCUT2D eigenvalue weighted by Crippen LogP contribution is -2.47. The highest BCUT2D eigenvalue weighted by atomic mass is 35.5. The third-order valence-electron chi connectivity index (χ3n) is 5.31. The number of halogens is 1. The zero-order valence-corrected chi connectivity index (χ0v) is 20.4. The highest BCUT2D eigenvalue weighted by Gasteiger charge is 2.37. The summed E-state index contributed by atoms with van der Waals surface area (Å²) >= 11 is 6.03. The van der Waals surface area contributed by atoms with Gasteiger partial charge in [-0.1, -0.05) is 60.5 Å². The van der Waals surface area contributed by atoms with Crippen molar-refractivity contribution in [2.75, 3.05) is 25.9 Å². The number of guanidine groups is 1. The molecule has 0 radical (unpaired) electrons. The van der Waals surface area contributed by atoms with Crippen molar-refractivity contribution in [2.24, 2.45) is 10.1 Å². The second kappa shape index (κ2) is 10.8. The van der Waals surface area contributed by atoms with Crippen LogP contribution in [-0.2, 0) is 16.4 Å². The predicted octanol–water partition coefficient (Wildman–Crippen LogP) is 2.99. The van der Waals surface area contributed by atoms with Crippen LogP contribution in [0.25, 0.3) is 0 Å². The molecule has 0 aromatic heterocycles. The topological polar surface area (TPSA) is 101 Å². The second-order valence-corrected chi connectivity index (χ2v) is 10.1. The van der Waals surface area contributed by atoms with Crippen molar-refractivity contribution in [1.29, 1.82) is 5.26 Å². The normalized spacial score (nSPS) is 16.6. The quantitative estimate of drug-likeness (QED) is 0.280. The average molecular weight is 487 g/mol. The molecule has 174 valence electrons. The number of nitriles is 1. The molecule has 1 N–H and O–H groups in total. The maximum absolute atomic E-state index is 12.5. The number of likely N-dealkylation sites (N-methyl/N-ethyl adjacent to an activating group) is 1. The molecule has 1 atom stereocenters. The van der Waals surface area contributed by atoms with Gasteiger partial charge in [-0.3, -0.25) is 10.3 Å². The van der Waals surface area contributed by atoms with Gasteiger partial charge in [-0.25, -0.2) is 13.4 Å². The summed E-state index contributed by atoms with van der Waals surface area (Å²) in [5.74, 6) is 0.281. The fourth-order valence-corrected chi connectivity index (χ4v) is 4.91. The molecule has 2 aromatic rings. The third kappa shape index (κ3) is 6.32. The summed E-state index contributed by atoms with van der Waals surface area (Å²) in [6.07, 6.45) is 3.79. The number of hydrogen-bond acceptors (Lipinski definition) is 5. The van der Waals surface area contributed by atoms with Crippen molar-refractivity contribution in [3.8, 4) is 6.19 Å². The zero-order chi connectivity index (χ0) is 24.0. The van der Waals surface area contributed by atoms with Gasteiger partial charge in [-0.15, -0.1) is 0 Å². The highest BCUT2D eigenvalue weighted by Crippen LogP contribution is 2.22. The lowest BCUT2D eigenvalue weighted by atomic mass is 10.0. The first-order valence-corrected chi connectivity index (χ1v) is 12.8. The number of benzene rings is 2. The molecule has 0 fully saturated rings. The van der Waals surface area contributed by atoms with Crippen LogP contribution in [0.4, 0.5) is 0 Å². The molecular weight excluding hydrogens is 460 g/mol. The highest BCUT2D eigenvalue weighted by molar-refractivity contribution is 7.88. The molecule has 1 unspecified atom stereocenters. The van der Waals surface area contributed by atoms with Crippen LogP contribution in [0.1, 0.15) is 23.6 Å². The van der Waals surface area contributed by atoms with Crippen molar-refractivity contribution >= 4 is 33.3 Å². The number of hydrazone groups is 1. The SMILES string of the molecule is CCN(C1CN(C(=NCCc2ccc(C)cc2)NC#N)N=C1c1ccc(Cl)cc1)S(C)(=O)=O. The molecule has 1 aliphatic rings. The van der Waals surface area contributed by atoms with E-state index in [1.807, 2.05) is 25.2 Å². The number of rotatable bonds is 7. The zero-order valence-electron chi connectivity index (χ0n) is 18.9. The Morgan fingerprint density at radius 2 is 1.94 bits per heavy atom. The largest absolute Gasteiger partial charge is 0.261 e. The molecule has 33 heavy (non-hydrogen) atoms. The second-order valence-electron chi connectivity index (χ2n) is 7.73. The molecule has 0 spiro atoms. The fourth-order valence-electron chi connectivity index (χ4n) is 3.69. The minimum atomic E-state index is -3.49. The number of hydrogen-bond donors (Lipinski definition) is 1.